The summed E-state index contributed by atoms with van der Waals surface area (Å²) in [5.41, 5.74) is 4.95. The summed E-state index contributed by atoms with van der Waals surface area (Å²) in [6.45, 7) is 11.0. The van der Waals surface area contributed by atoms with Gasteiger partial charge in [-0.15, -0.1) is 0 Å². The van der Waals surface area contributed by atoms with Crippen LogP contribution in [0.5, 0.6) is 0 Å². The number of hydrogen-bond acceptors (Lipinski definition) is 8. The van der Waals surface area contributed by atoms with E-state index >= 15 is 0 Å². The van der Waals surface area contributed by atoms with Crippen LogP contribution in [0.2, 0.25) is 0 Å². The lowest BCUT2D eigenvalue weighted by atomic mass is 10.0. The highest BCUT2D eigenvalue weighted by atomic mass is 16.5. The van der Waals surface area contributed by atoms with Gasteiger partial charge in [0.25, 0.3) is 0 Å². The van der Waals surface area contributed by atoms with E-state index in [1.54, 1.807) is 0 Å². The molecule has 1 N–H and O–H groups in total. The molecule has 2 aromatic heterocycles. The second kappa shape index (κ2) is 11.1. The minimum absolute atomic E-state index is 0.0202. The molecular formula is C30H35N7O3. The van der Waals surface area contributed by atoms with Crippen LogP contribution < -0.4 is 15.1 Å². The van der Waals surface area contributed by atoms with E-state index < -0.39 is 0 Å². The summed E-state index contributed by atoms with van der Waals surface area (Å²) in [5.74, 6) is 2.35. The number of rotatable bonds is 5. The smallest absolute Gasteiger partial charge is 0.317 e. The Kier molecular flexibility index (Phi) is 7.25. The second-order valence-electron chi connectivity index (χ2n) is 10.3. The summed E-state index contributed by atoms with van der Waals surface area (Å²) in [5, 5.41) is 8.05. The Morgan fingerprint density at radius 3 is 2.55 bits per heavy atom. The van der Waals surface area contributed by atoms with E-state index in [9.17, 15) is 4.79 Å². The first kappa shape index (κ1) is 26.1. The van der Waals surface area contributed by atoms with Crippen molar-refractivity contribution in [3.8, 4) is 11.1 Å². The maximum Gasteiger partial charge on any atom is 0.317 e. The summed E-state index contributed by atoms with van der Waals surface area (Å²) in [6.07, 6.45) is 0. The van der Waals surface area contributed by atoms with Crippen molar-refractivity contribution in [3.05, 3.63) is 65.5 Å². The molecule has 0 aliphatic carbocycles. The van der Waals surface area contributed by atoms with Gasteiger partial charge in [0.2, 0.25) is 5.95 Å². The molecule has 2 fully saturated rings. The highest BCUT2D eigenvalue weighted by molar-refractivity contribution is 5.94. The first-order chi connectivity index (χ1) is 19.5. The van der Waals surface area contributed by atoms with Crippen LogP contribution in [0.15, 0.2) is 53.1 Å². The Hall–Kier alpha value is -4.18. The first-order valence-electron chi connectivity index (χ1n) is 14.0. The summed E-state index contributed by atoms with van der Waals surface area (Å²) in [7, 11) is 0. The number of aromatic nitrogens is 3. The van der Waals surface area contributed by atoms with E-state index in [-0.39, 0.29) is 12.1 Å². The van der Waals surface area contributed by atoms with Crippen molar-refractivity contribution in [3.63, 3.8) is 0 Å². The highest BCUT2D eigenvalue weighted by Crippen LogP contribution is 2.37. The fraction of sp³-hybridized carbons (Fsp3) is 0.400. The maximum atomic E-state index is 12.4. The monoisotopic (exact) mass is 541 g/mol. The zero-order chi connectivity index (χ0) is 27.6. The van der Waals surface area contributed by atoms with Gasteiger partial charge in [-0.05, 0) is 44.0 Å². The summed E-state index contributed by atoms with van der Waals surface area (Å²) in [6, 6.07) is 16.8. The Morgan fingerprint density at radius 2 is 1.82 bits per heavy atom. The third-order valence-electron chi connectivity index (χ3n) is 7.75. The Labute approximate surface area is 233 Å². The first-order valence-corrected chi connectivity index (χ1v) is 14.0. The lowest BCUT2D eigenvalue weighted by Gasteiger charge is -2.38. The predicted octanol–water partition coefficient (Wildman–Crippen LogP) is 4.33. The number of aryl methyl sites for hydroxylation is 2. The Balaban J connectivity index is 1.43. The number of anilines is 2. The minimum atomic E-state index is -0.0202. The number of nitrogens with one attached hydrogen (secondary N) is 1. The third kappa shape index (κ3) is 4.95. The molecule has 6 rings (SSSR count). The van der Waals surface area contributed by atoms with Crippen LogP contribution in [0.3, 0.4) is 0 Å². The fourth-order valence-corrected chi connectivity index (χ4v) is 5.69. The topological polar surface area (TPSA) is 99.9 Å². The van der Waals surface area contributed by atoms with Crippen molar-refractivity contribution in [1.29, 1.82) is 0 Å². The summed E-state index contributed by atoms with van der Waals surface area (Å²) >= 11 is 0. The number of benzene rings is 2. The molecule has 0 saturated carbocycles. The van der Waals surface area contributed by atoms with E-state index in [1.807, 2.05) is 31.7 Å². The molecule has 0 radical (unpaired) electrons. The van der Waals surface area contributed by atoms with Crippen LogP contribution in [0.25, 0.3) is 22.0 Å². The van der Waals surface area contributed by atoms with Crippen LogP contribution in [0.4, 0.5) is 16.6 Å². The lowest BCUT2D eigenvalue weighted by Crippen LogP contribution is -2.52. The number of amides is 2. The minimum Gasteiger partial charge on any atom is -0.377 e. The number of piperazine rings is 1. The molecule has 4 aromatic rings. The van der Waals surface area contributed by atoms with E-state index in [0.717, 1.165) is 39.3 Å². The van der Waals surface area contributed by atoms with E-state index in [4.69, 9.17) is 19.2 Å². The molecule has 4 heterocycles. The van der Waals surface area contributed by atoms with Crippen LogP contribution in [0, 0.1) is 13.8 Å². The van der Waals surface area contributed by atoms with Crippen molar-refractivity contribution in [2.75, 3.05) is 62.3 Å². The number of fused-ring (bicyclic) bond motifs is 1. The van der Waals surface area contributed by atoms with Gasteiger partial charge in [0.15, 0.2) is 0 Å². The predicted molar refractivity (Wildman–Crippen MR) is 155 cm³/mol. The van der Waals surface area contributed by atoms with Crippen LogP contribution >= 0.6 is 0 Å². The van der Waals surface area contributed by atoms with Gasteiger partial charge >= 0.3 is 6.03 Å². The normalized spacial score (nSPS) is 17.9. The molecule has 2 aliphatic heterocycles. The number of ether oxygens (including phenoxy) is 1. The number of carbonyl (C=O) groups is 1. The van der Waals surface area contributed by atoms with Gasteiger partial charge < -0.3 is 29.3 Å². The maximum absolute atomic E-state index is 12.4. The average Bonchev–Trinajstić information content (AvgIpc) is 3.34. The van der Waals surface area contributed by atoms with Crippen molar-refractivity contribution >= 4 is 28.7 Å². The zero-order valence-electron chi connectivity index (χ0n) is 23.3. The second-order valence-corrected chi connectivity index (χ2v) is 10.3. The molecule has 208 valence electrons. The van der Waals surface area contributed by atoms with Gasteiger partial charge in [-0.3, -0.25) is 0 Å². The molecule has 0 bridgehead atoms. The van der Waals surface area contributed by atoms with E-state index in [2.05, 4.69) is 62.7 Å². The summed E-state index contributed by atoms with van der Waals surface area (Å²) in [4.78, 5) is 29.0. The molecule has 2 aliphatic rings. The molecule has 10 nitrogen and oxygen atoms in total. The Bertz CT molecular complexity index is 1480. The molecule has 10 heteroatoms. The molecule has 2 amide bonds. The van der Waals surface area contributed by atoms with Gasteiger partial charge in [0.1, 0.15) is 11.6 Å². The lowest BCUT2D eigenvalue weighted by molar-refractivity contribution is 0.0939. The fourth-order valence-electron chi connectivity index (χ4n) is 5.69. The van der Waals surface area contributed by atoms with Gasteiger partial charge in [0, 0.05) is 50.2 Å². The van der Waals surface area contributed by atoms with Crippen LogP contribution in [0.1, 0.15) is 30.0 Å². The van der Waals surface area contributed by atoms with Crippen LogP contribution in [-0.2, 0) is 4.74 Å². The SMILES string of the molecule is CCNC(=O)N1CCN(c2nc(N3CCOC[C@@H]3c3ccccc3)c3cc(-c4c(C)noc4C)ccc3n2)CC1. The van der Waals surface area contributed by atoms with E-state index in [1.165, 1.54) is 5.56 Å². The number of carbonyl (C=O) groups excluding carboxylic acids is 1. The number of nitrogens with zero attached hydrogens (tertiary/aromatic N) is 6. The number of urea groups is 1. The van der Waals surface area contributed by atoms with Gasteiger partial charge in [-0.1, -0.05) is 41.6 Å². The van der Waals surface area contributed by atoms with Crippen molar-refractivity contribution in [2.24, 2.45) is 0 Å². The molecule has 2 saturated heterocycles. The van der Waals surface area contributed by atoms with Crippen molar-refractivity contribution in [1.82, 2.24) is 25.3 Å². The quantitative estimate of drug-likeness (QED) is 0.399. The number of hydrogen-bond donors (Lipinski definition) is 1. The van der Waals surface area contributed by atoms with Gasteiger partial charge in [0.05, 0.1) is 30.5 Å². The summed E-state index contributed by atoms with van der Waals surface area (Å²) < 4.78 is 11.4. The highest BCUT2D eigenvalue weighted by Gasteiger charge is 2.30. The molecule has 2 aromatic carbocycles. The van der Waals surface area contributed by atoms with Crippen molar-refractivity contribution < 1.29 is 14.1 Å². The van der Waals surface area contributed by atoms with Gasteiger partial charge in [-0.25, -0.2) is 9.78 Å². The standard InChI is InChI=1S/C30H35N7O3/c1-4-31-30(38)36-14-12-35(13-15-36)29-32-25-11-10-23(27-20(2)34-40-21(27)3)18-24(25)28(33-29)37-16-17-39-19-26(37)22-8-6-5-7-9-22/h5-11,18,26H,4,12-17,19H2,1-3H3,(H,31,38)/t26-/m1/s1. The molecular weight excluding hydrogens is 506 g/mol. The van der Waals surface area contributed by atoms with E-state index in [0.29, 0.717) is 58.4 Å². The number of morpholine rings is 1. The molecule has 0 unspecified atom stereocenters. The third-order valence-corrected chi connectivity index (χ3v) is 7.75. The zero-order valence-corrected chi connectivity index (χ0v) is 23.3. The molecule has 0 spiro atoms. The molecule has 1 atom stereocenters. The Morgan fingerprint density at radius 1 is 1.02 bits per heavy atom. The van der Waals surface area contributed by atoms with Crippen molar-refractivity contribution in [2.45, 2.75) is 26.8 Å². The average molecular weight is 542 g/mol. The largest absolute Gasteiger partial charge is 0.377 e. The van der Waals surface area contributed by atoms with Crippen LogP contribution in [-0.4, -0.2) is 78.5 Å². The van der Waals surface area contributed by atoms with Gasteiger partial charge in [-0.2, -0.15) is 4.98 Å². The molecule has 40 heavy (non-hydrogen) atoms.